The molecule has 6 heteroatoms. The summed E-state index contributed by atoms with van der Waals surface area (Å²) in [5.41, 5.74) is 6.24. The van der Waals surface area contributed by atoms with Gasteiger partial charge in [0, 0.05) is 16.6 Å². The predicted molar refractivity (Wildman–Crippen MR) is 79.6 cm³/mol. The molecule has 2 aromatic rings. The minimum atomic E-state index is -0.362. The van der Waals surface area contributed by atoms with Crippen molar-refractivity contribution in [3.8, 4) is 0 Å². The van der Waals surface area contributed by atoms with E-state index in [1.165, 1.54) is 23.5 Å². The fourth-order valence-electron chi connectivity index (χ4n) is 1.80. The van der Waals surface area contributed by atoms with Crippen LogP contribution in [0.3, 0.4) is 0 Å². The first kappa shape index (κ1) is 14.7. The summed E-state index contributed by atoms with van der Waals surface area (Å²) >= 11 is 1.26. The fourth-order valence-corrected chi connectivity index (χ4v) is 2.82. The molecule has 20 heavy (non-hydrogen) atoms. The number of carbonyl (C=O) groups excluding carboxylic acids is 1. The Morgan fingerprint density at radius 3 is 2.95 bits per heavy atom. The maximum Gasteiger partial charge on any atom is 0.263 e. The predicted octanol–water partition coefficient (Wildman–Crippen LogP) is 2.78. The van der Waals surface area contributed by atoms with Gasteiger partial charge < -0.3 is 15.8 Å². The number of halogens is 1. The Labute approximate surface area is 120 Å². The average Bonchev–Trinajstić information content (AvgIpc) is 2.72. The number of nitrogens with two attached hydrogens (primary N) is 1. The zero-order valence-corrected chi connectivity index (χ0v) is 12.2. The zero-order valence-electron chi connectivity index (χ0n) is 11.4. The van der Waals surface area contributed by atoms with Crippen molar-refractivity contribution < 1.29 is 13.9 Å². The van der Waals surface area contributed by atoms with Crippen LogP contribution in [-0.2, 0) is 4.74 Å². The monoisotopic (exact) mass is 296 g/mol. The summed E-state index contributed by atoms with van der Waals surface area (Å²) in [5, 5.41) is 3.33. The molecular weight excluding hydrogens is 279 g/mol. The summed E-state index contributed by atoms with van der Waals surface area (Å²) in [7, 11) is 0. The molecule has 0 aliphatic heterocycles. The summed E-state index contributed by atoms with van der Waals surface area (Å²) < 4.78 is 19.3. The first-order chi connectivity index (χ1) is 9.49. The van der Waals surface area contributed by atoms with Gasteiger partial charge in [0.25, 0.3) is 5.91 Å². The molecule has 1 aromatic heterocycles. The van der Waals surface area contributed by atoms with Crippen LogP contribution in [0.4, 0.5) is 10.1 Å². The van der Waals surface area contributed by atoms with Gasteiger partial charge >= 0.3 is 0 Å². The van der Waals surface area contributed by atoms with E-state index in [9.17, 15) is 9.18 Å². The van der Waals surface area contributed by atoms with Crippen LogP contribution in [0.5, 0.6) is 0 Å². The first-order valence-corrected chi connectivity index (χ1v) is 7.18. The third-order valence-corrected chi connectivity index (χ3v) is 3.92. The van der Waals surface area contributed by atoms with Crippen LogP contribution in [0.15, 0.2) is 18.2 Å². The van der Waals surface area contributed by atoms with Gasteiger partial charge in [0.15, 0.2) is 0 Å². The number of nitrogens with one attached hydrogen (secondary N) is 1. The third-order valence-electron chi connectivity index (χ3n) is 2.73. The van der Waals surface area contributed by atoms with Crippen LogP contribution in [0.2, 0.25) is 0 Å². The molecule has 0 aliphatic carbocycles. The van der Waals surface area contributed by atoms with Gasteiger partial charge in [-0.2, -0.15) is 0 Å². The van der Waals surface area contributed by atoms with Crippen molar-refractivity contribution in [3.05, 3.63) is 28.9 Å². The van der Waals surface area contributed by atoms with E-state index in [2.05, 4.69) is 5.32 Å². The van der Waals surface area contributed by atoms with Crippen molar-refractivity contribution in [1.29, 1.82) is 0 Å². The van der Waals surface area contributed by atoms with Crippen LogP contribution in [0.25, 0.3) is 10.1 Å². The lowest BCUT2D eigenvalue weighted by Crippen LogP contribution is -2.27. The van der Waals surface area contributed by atoms with E-state index in [0.717, 1.165) is 4.70 Å². The van der Waals surface area contributed by atoms with Crippen LogP contribution in [0, 0.1) is 5.82 Å². The number of thiophene rings is 1. The minimum absolute atomic E-state index is 0.129. The Kier molecular flexibility index (Phi) is 4.57. The second kappa shape index (κ2) is 6.19. The number of nitrogen functional groups attached to an aromatic ring is 1. The van der Waals surface area contributed by atoms with E-state index in [0.29, 0.717) is 29.1 Å². The molecule has 108 valence electrons. The Hall–Kier alpha value is -1.66. The second-order valence-corrected chi connectivity index (χ2v) is 5.71. The maximum absolute atomic E-state index is 13.2. The second-order valence-electron chi connectivity index (χ2n) is 4.66. The van der Waals surface area contributed by atoms with Gasteiger partial charge in [0.1, 0.15) is 10.7 Å². The molecule has 1 aromatic carbocycles. The van der Waals surface area contributed by atoms with E-state index < -0.39 is 0 Å². The summed E-state index contributed by atoms with van der Waals surface area (Å²) in [6, 6.07) is 4.33. The van der Waals surface area contributed by atoms with Gasteiger partial charge in [-0.1, -0.05) is 0 Å². The number of anilines is 1. The summed E-state index contributed by atoms with van der Waals surface area (Å²) in [4.78, 5) is 12.4. The highest BCUT2D eigenvalue weighted by Gasteiger charge is 2.16. The highest BCUT2D eigenvalue weighted by molar-refractivity contribution is 7.21. The fraction of sp³-hybridized carbons (Fsp3) is 0.357. The lowest BCUT2D eigenvalue weighted by atomic mass is 10.2. The largest absolute Gasteiger partial charge is 0.397 e. The quantitative estimate of drug-likeness (QED) is 0.834. The number of rotatable bonds is 5. The van der Waals surface area contributed by atoms with E-state index in [1.54, 1.807) is 6.07 Å². The van der Waals surface area contributed by atoms with Crippen LogP contribution < -0.4 is 11.1 Å². The van der Waals surface area contributed by atoms with Gasteiger partial charge in [0.05, 0.1) is 18.4 Å². The number of benzene rings is 1. The molecule has 1 heterocycles. The van der Waals surface area contributed by atoms with E-state index >= 15 is 0 Å². The van der Waals surface area contributed by atoms with Gasteiger partial charge in [-0.25, -0.2) is 4.39 Å². The van der Waals surface area contributed by atoms with Crippen molar-refractivity contribution >= 4 is 33.0 Å². The number of fused-ring (bicyclic) bond motifs is 1. The van der Waals surface area contributed by atoms with Crippen LogP contribution in [-0.4, -0.2) is 25.2 Å². The van der Waals surface area contributed by atoms with E-state index in [-0.39, 0.29) is 17.8 Å². The molecule has 0 fully saturated rings. The van der Waals surface area contributed by atoms with Crippen LogP contribution >= 0.6 is 11.3 Å². The molecule has 0 radical (unpaired) electrons. The summed E-state index contributed by atoms with van der Waals surface area (Å²) in [6.07, 6.45) is 0.129. The molecule has 3 N–H and O–H groups in total. The van der Waals surface area contributed by atoms with Crippen LogP contribution in [0.1, 0.15) is 23.5 Å². The molecule has 0 atom stereocenters. The highest BCUT2D eigenvalue weighted by atomic mass is 32.1. The molecule has 1 amide bonds. The topological polar surface area (TPSA) is 64.3 Å². The smallest absolute Gasteiger partial charge is 0.263 e. The SMILES string of the molecule is CC(C)OCCNC(=O)c1sc2ccc(F)cc2c1N. The molecular formula is C14H17FN2O2S. The number of amides is 1. The third kappa shape index (κ3) is 3.26. The lowest BCUT2D eigenvalue weighted by Gasteiger charge is -2.08. The van der Waals surface area contributed by atoms with Crippen molar-refractivity contribution in [2.75, 3.05) is 18.9 Å². The lowest BCUT2D eigenvalue weighted by molar-refractivity contribution is 0.0748. The van der Waals surface area contributed by atoms with Gasteiger partial charge in [-0.15, -0.1) is 11.3 Å². The number of hydrogen-bond acceptors (Lipinski definition) is 4. The number of ether oxygens (including phenoxy) is 1. The maximum atomic E-state index is 13.2. The molecule has 0 unspecified atom stereocenters. The molecule has 0 saturated carbocycles. The molecule has 0 saturated heterocycles. The molecule has 0 spiro atoms. The average molecular weight is 296 g/mol. The zero-order chi connectivity index (χ0) is 14.7. The Balaban J connectivity index is 2.08. The molecule has 4 nitrogen and oxygen atoms in total. The standard InChI is InChI=1S/C14H17FN2O2S/c1-8(2)19-6-5-17-14(18)13-12(16)10-7-9(15)3-4-11(10)20-13/h3-4,7-8H,5-6,16H2,1-2H3,(H,17,18). The van der Waals surface area contributed by atoms with Crippen molar-refractivity contribution in [1.82, 2.24) is 5.32 Å². The van der Waals surface area contributed by atoms with Crippen molar-refractivity contribution in [2.24, 2.45) is 0 Å². The van der Waals surface area contributed by atoms with Gasteiger partial charge in [0.2, 0.25) is 0 Å². The van der Waals surface area contributed by atoms with E-state index in [4.69, 9.17) is 10.5 Å². The first-order valence-electron chi connectivity index (χ1n) is 6.36. The highest BCUT2D eigenvalue weighted by Crippen LogP contribution is 2.33. The molecule has 2 rings (SSSR count). The van der Waals surface area contributed by atoms with Crippen molar-refractivity contribution in [3.63, 3.8) is 0 Å². The number of carbonyl (C=O) groups is 1. The summed E-state index contributed by atoms with van der Waals surface area (Å²) in [5.74, 6) is -0.615. The van der Waals surface area contributed by atoms with Crippen molar-refractivity contribution in [2.45, 2.75) is 20.0 Å². The Bertz CT molecular complexity index is 625. The van der Waals surface area contributed by atoms with E-state index in [1.807, 2.05) is 13.8 Å². The Morgan fingerprint density at radius 2 is 2.25 bits per heavy atom. The number of hydrogen-bond donors (Lipinski definition) is 2. The minimum Gasteiger partial charge on any atom is -0.397 e. The normalized spacial score (nSPS) is 11.2. The molecule has 0 aliphatic rings. The molecule has 0 bridgehead atoms. The van der Waals surface area contributed by atoms with Gasteiger partial charge in [-0.05, 0) is 32.0 Å². The van der Waals surface area contributed by atoms with Gasteiger partial charge in [-0.3, -0.25) is 4.79 Å². The summed E-state index contributed by atoms with van der Waals surface area (Å²) in [6.45, 7) is 4.72. The Morgan fingerprint density at radius 1 is 1.50 bits per heavy atom.